The molecule has 1 atom stereocenters. The van der Waals surface area contributed by atoms with Crippen LogP contribution in [0.25, 0.3) is 0 Å². The molecule has 5 nitrogen and oxygen atoms in total. The number of anilines is 2. The average Bonchev–Trinajstić information content (AvgIpc) is 2.38. The van der Waals surface area contributed by atoms with Gasteiger partial charge in [0.25, 0.3) is 0 Å². The van der Waals surface area contributed by atoms with E-state index in [2.05, 4.69) is 27.2 Å². The van der Waals surface area contributed by atoms with E-state index in [1.54, 1.807) is 0 Å². The number of nitrogens with two attached hydrogens (primary N) is 1. The molecule has 1 aliphatic rings. The van der Waals surface area contributed by atoms with Crippen molar-refractivity contribution in [2.45, 2.75) is 64.6 Å². The molecular weight excluding hydrogens is 257 g/mol. The van der Waals surface area contributed by atoms with Crippen molar-refractivity contribution in [1.29, 1.82) is 0 Å². The Morgan fingerprint density at radius 2 is 1.85 bits per heavy atom. The largest absolute Gasteiger partial charge is 0.368 e. The molecule has 1 fully saturated rings. The van der Waals surface area contributed by atoms with E-state index in [9.17, 15) is 4.39 Å². The second-order valence-electron chi connectivity index (χ2n) is 6.14. The smallest absolute Gasteiger partial charge is 0.228 e. The maximum Gasteiger partial charge on any atom is 0.228 e. The molecule has 6 heteroatoms. The van der Waals surface area contributed by atoms with Crippen LogP contribution in [0.4, 0.5) is 16.3 Å². The molecule has 20 heavy (non-hydrogen) atoms. The molecule has 0 aromatic carbocycles. The van der Waals surface area contributed by atoms with E-state index in [1.165, 1.54) is 46.0 Å². The van der Waals surface area contributed by atoms with Crippen LogP contribution in [0.15, 0.2) is 0 Å². The third-order valence-electron chi connectivity index (χ3n) is 3.90. The second kappa shape index (κ2) is 5.89. The van der Waals surface area contributed by atoms with E-state index >= 15 is 0 Å². The Balaban J connectivity index is 2.10. The number of halogens is 1. The summed E-state index contributed by atoms with van der Waals surface area (Å²) < 4.78 is 13.9. The minimum absolute atomic E-state index is 0.0547. The first-order chi connectivity index (χ1) is 9.36. The maximum atomic E-state index is 13.9. The summed E-state index contributed by atoms with van der Waals surface area (Å²) in [7, 11) is 0. The third-order valence-corrected chi connectivity index (χ3v) is 3.90. The first kappa shape index (κ1) is 14.9. The molecule has 0 aliphatic heterocycles. The summed E-state index contributed by atoms with van der Waals surface area (Å²) in [6.07, 6.45) is 6.31. The van der Waals surface area contributed by atoms with Gasteiger partial charge in [0.05, 0.1) is 0 Å². The van der Waals surface area contributed by atoms with E-state index in [1.807, 2.05) is 0 Å². The number of hydrogen-bond acceptors (Lipinski definition) is 5. The fraction of sp³-hybridized carbons (Fsp3) is 0.786. The lowest BCUT2D eigenvalue weighted by molar-refractivity contribution is 0.206. The Bertz CT molecular complexity index is 451. The Morgan fingerprint density at radius 1 is 1.20 bits per heavy atom. The highest BCUT2D eigenvalue weighted by molar-refractivity contribution is 5.33. The highest BCUT2D eigenvalue weighted by atomic mass is 19.1. The van der Waals surface area contributed by atoms with Crippen molar-refractivity contribution in [3.63, 3.8) is 0 Å². The predicted molar refractivity (Wildman–Crippen MR) is 78.0 cm³/mol. The van der Waals surface area contributed by atoms with Crippen LogP contribution in [0.3, 0.4) is 0 Å². The minimum Gasteiger partial charge on any atom is -0.368 e. The molecule has 0 bridgehead atoms. The van der Waals surface area contributed by atoms with Gasteiger partial charge in [-0.2, -0.15) is 15.0 Å². The van der Waals surface area contributed by atoms with Crippen molar-refractivity contribution >= 4 is 11.9 Å². The SMILES string of the molecule is CC(Nc1nc(N)nc(C(C)(C)F)n1)C1CCCCC1. The molecule has 1 heterocycles. The number of aromatic nitrogens is 3. The molecule has 2 rings (SSSR count). The van der Waals surface area contributed by atoms with E-state index in [0.29, 0.717) is 11.9 Å². The van der Waals surface area contributed by atoms with Crippen molar-refractivity contribution in [1.82, 2.24) is 15.0 Å². The predicted octanol–water partition coefficient (Wildman–Crippen LogP) is 3.04. The first-order valence-corrected chi connectivity index (χ1v) is 7.34. The molecule has 3 N–H and O–H groups in total. The molecular formula is C14H24FN5. The van der Waals surface area contributed by atoms with Crippen molar-refractivity contribution in [3.8, 4) is 0 Å². The first-order valence-electron chi connectivity index (χ1n) is 7.34. The van der Waals surface area contributed by atoms with Gasteiger partial charge in [-0.3, -0.25) is 0 Å². The van der Waals surface area contributed by atoms with Gasteiger partial charge in [-0.25, -0.2) is 4.39 Å². The van der Waals surface area contributed by atoms with Gasteiger partial charge in [0, 0.05) is 6.04 Å². The molecule has 0 amide bonds. The van der Waals surface area contributed by atoms with Crippen LogP contribution in [-0.2, 0) is 5.67 Å². The van der Waals surface area contributed by atoms with Crippen LogP contribution in [-0.4, -0.2) is 21.0 Å². The summed E-state index contributed by atoms with van der Waals surface area (Å²) in [5.41, 5.74) is 4.02. The van der Waals surface area contributed by atoms with Crippen LogP contribution >= 0.6 is 0 Å². The highest BCUT2D eigenvalue weighted by Crippen LogP contribution is 2.28. The summed E-state index contributed by atoms with van der Waals surface area (Å²) in [6, 6.07) is 0.257. The molecule has 0 radical (unpaired) electrons. The summed E-state index contributed by atoms with van der Waals surface area (Å²) in [6.45, 7) is 4.95. The Morgan fingerprint density at radius 3 is 2.45 bits per heavy atom. The lowest BCUT2D eigenvalue weighted by Gasteiger charge is -2.28. The van der Waals surface area contributed by atoms with Crippen molar-refractivity contribution in [3.05, 3.63) is 5.82 Å². The lowest BCUT2D eigenvalue weighted by Crippen LogP contribution is -2.29. The van der Waals surface area contributed by atoms with Crippen molar-refractivity contribution < 1.29 is 4.39 Å². The maximum absolute atomic E-state index is 13.9. The van der Waals surface area contributed by atoms with Gasteiger partial charge >= 0.3 is 0 Å². The fourth-order valence-corrected chi connectivity index (χ4v) is 2.68. The zero-order chi connectivity index (χ0) is 14.8. The molecule has 112 valence electrons. The van der Waals surface area contributed by atoms with Crippen LogP contribution < -0.4 is 11.1 Å². The topological polar surface area (TPSA) is 76.7 Å². The number of nitrogens with zero attached hydrogens (tertiary/aromatic N) is 3. The Kier molecular flexibility index (Phi) is 4.40. The number of nitrogens with one attached hydrogen (secondary N) is 1. The van der Waals surface area contributed by atoms with Crippen LogP contribution in [0.1, 0.15) is 58.7 Å². The molecule has 1 saturated carbocycles. The monoisotopic (exact) mass is 281 g/mol. The molecule has 0 spiro atoms. The van der Waals surface area contributed by atoms with Crippen LogP contribution in [0.2, 0.25) is 0 Å². The quantitative estimate of drug-likeness (QED) is 0.887. The zero-order valence-electron chi connectivity index (χ0n) is 12.5. The lowest BCUT2D eigenvalue weighted by atomic mass is 9.85. The summed E-state index contributed by atoms with van der Waals surface area (Å²) in [5.74, 6) is 1.11. The van der Waals surface area contributed by atoms with E-state index in [0.717, 1.165) is 0 Å². The minimum atomic E-state index is -1.62. The molecule has 1 unspecified atom stereocenters. The van der Waals surface area contributed by atoms with Gasteiger partial charge in [0.2, 0.25) is 11.9 Å². The van der Waals surface area contributed by atoms with Crippen LogP contribution in [0, 0.1) is 5.92 Å². The van der Waals surface area contributed by atoms with Crippen LogP contribution in [0.5, 0.6) is 0 Å². The fourth-order valence-electron chi connectivity index (χ4n) is 2.68. The summed E-state index contributed by atoms with van der Waals surface area (Å²) >= 11 is 0. The Labute approximate surface area is 119 Å². The normalized spacial score (nSPS) is 18.8. The standard InChI is InChI=1S/C14H24FN5/c1-9(10-7-5-4-6-8-10)17-13-19-11(14(2,3)15)18-12(16)20-13/h9-10H,4-8H2,1-3H3,(H3,16,17,18,19,20). The number of hydrogen-bond donors (Lipinski definition) is 2. The molecule has 1 aromatic rings. The Hall–Kier alpha value is -1.46. The van der Waals surface area contributed by atoms with Gasteiger partial charge in [0.1, 0.15) is 0 Å². The van der Waals surface area contributed by atoms with Gasteiger partial charge in [-0.1, -0.05) is 19.3 Å². The summed E-state index contributed by atoms with van der Waals surface area (Å²) in [4.78, 5) is 12.1. The average molecular weight is 281 g/mol. The number of nitrogen functional groups attached to an aromatic ring is 1. The number of rotatable bonds is 4. The van der Waals surface area contributed by atoms with E-state index in [-0.39, 0.29) is 17.8 Å². The zero-order valence-corrected chi connectivity index (χ0v) is 12.5. The van der Waals surface area contributed by atoms with Gasteiger partial charge in [-0.15, -0.1) is 0 Å². The third kappa shape index (κ3) is 3.77. The molecule has 0 saturated heterocycles. The summed E-state index contributed by atoms with van der Waals surface area (Å²) in [5, 5.41) is 3.26. The van der Waals surface area contributed by atoms with E-state index < -0.39 is 5.67 Å². The molecule has 1 aliphatic carbocycles. The number of alkyl halides is 1. The van der Waals surface area contributed by atoms with Gasteiger partial charge < -0.3 is 11.1 Å². The van der Waals surface area contributed by atoms with E-state index in [4.69, 9.17) is 5.73 Å². The van der Waals surface area contributed by atoms with Crippen molar-refractivity contribution in [2.24, 2.45) is 5.92 Å². The van der Waals surface area contributed by atoms with Crippen molar-refractivity contribution in [2.75, 3.05) is 11.1 Å². The second-order valence-corrected chi connectivity index (χ2v) is 6.14. The van der Waals surface area contributed by atoms with Gasteiger partial charge in [-0.05, 0) is 39.5 Å². The highest BCUT2D eigenvalue weighted by Gasteiger charge is 2.25. The molecule has 1 aromatic heterocycles. The van der Waals surface area contributed by atoms with Gasteiger partial charge in [0.15, 0.2) is 11.5 Å².